The number of hydrazone groups is 1. The van der Waals surface area contributed by atoms with Crippen LogP contribution in [0.25, 0.3) is 0 Å². The normalized spacial score (nSPS) is 28.0. The van der Waals surface area contributed by atoms with E-state index in [1.54, 1.807) is 5.01 Å². The van der Waals surface area contributed by atoms with E-state index in [0.29, 0.717) is 12.0 Å². The molecular formula is C9H16N2O. The van der Waals surface area contributed by atoms with Crippen LogP contribution in [0.15, 0.2) is 5.10 Å². The number of carbonyl (C=O) groups excluding carboxylic acids is 1. The molecule has 0 aliphatic carbocycles. The van der Waals surface area contributed by atoms with Crippen molar-refractivity contribution in [3.8, 4) is 0 Å². The molecule has 0 radical (unpaired) electrons. The maximum Gasteiger partial charge on any atom is 0.230 e. The van der Waals surface area contributed by atoms with Crippen LogP contribution >= 0.6 is 0 Å². The maximum absolute atomic E-state index is 10.6. The predicted octanol–water partition coefficient (Wildman–Crippen LogP) is 1.64. The summed E-state index contributed by atoms with van der Waals surface area (Å²) in [6, 6.07) is 0.317. The predicted molar refractivity (Wildman–Crippen MR) is 48.9 cm³/mol. The minimum atomic E-state index is 0.317. The van der Waals surface area contributed by atoms with E-state index in [2.05, 4.69) is 18.9 Å². The van der Waals surface area contributed by atoms with E-state index in [0.717, 1.165) is 25.7 Å². The van der Waals surface area contributed by atoms with Gasteiger partial charge >= 0.3 is 0 Å². The Bertz CT molecular complexity index is 179. The van der Waals surface area contributed by atoms with Gasteiger partial charge in [-0.25, -0.2) is 5.01 Å². The molecule has 1 aliphatic heterocycles. The largest absolute Gasteiger partial charge is 0.277 e. The summed E-state index contributed by atoms with van der Waals surface area (Å²) in [7, 11) is 0. The third kappa shape index (κ3) is 1.65. The Labute approximate surface area is 73.4 Å². The second-order valence-electron chi connectivity index (χ2n) is 3.18. The lowest BCUT2D eigenvalue weighted by Gasteiger charge is -2.21. The van der Waals surface area contributed by atoms with E-state index in [-0.39, 0.29) is 0 Å². The molecule has 0 aromatic carbocycles. The van der Waals surface area contributed by atoms with Crippen molar-refractivity contribution in [3.05, 3.63) is 0 Å². The van der Waals surface area contributed by atoms with Crippen molar-refractivity contribution >= 4 is 12.6 Å². The number of hydrogen-bond acceptors (Lipinski definition) is 2. The summed E-state index contributed by atoms with van der Waals surface area (Å²) in [6.07, 6.45) is 5.95. The molecule has 0 bridgehead atoms. The molecule has 0 saturated carbocycles. The number of carbonyl (C=O) groups is 1. The van der Waals surface area contributed by atoms with E-state index in [9.17, 15) is 4.79 Å². The van der Waals surface area contributed by atoms with Gasteiger partial charge in [-0.05, 0) is 12.8 Å². The van der Waals surface area contributed by atoms with Gasteiger partial charge in [0, 0.05) is 12.1 Å². The number of hydrogen-bond donors (Lipinski definition) is 0. The van der Waals surface area contributed by atoms with Gasteiger partial charge < -0.3 is 0 Å². The molecule has 0 spiro atoms. The van der Waals surface area contributed by atoms with Crippen LogP contribution in [0.2, 0.25) is 0 Å². The number of amides is 1. The lowest BCUT2D eigenvalue weighted by atomic mass is 9.95. The lowest BCUT2D eigenvalue weighted by molar-refractivity contribution is -0.120. The summed E-state index contributed by atoms with van der Waals surface area (Å²) >= 11 is 0. The minimum absolute atomic E-state index is 0.317. The van der Waals surface area contributed by atoms with Crippen molar-refractivity contribution in [2.24, 2.45) is 11.0 Å². The molecule has 1 heterocycles. The first kappa shape index (κ1) is 9.23. The molecule has 2 unspecified atom stereocenters. The summed E-state index contributed by atoms with van der Waals surface area (Å²) in [4.78, 5) is 10.6. The van der Waals surface area contributed by atoms with Gasteiger partial charge in [0.05, 0.1) is 6.04 Å². The Morgan fingerprint density at radius 2 is 2.33 bits per heavy atom. The smallest absolute Gasteiger partial charge is 0.230 e. The van der Waals surface area contributed by atoms with Gasteiger partial charge in [0.2, 0.25) is 6.41 Å². The quantitative estimate of drug-likeness (QED) is 0.587. The Morgan fingerprint density at radius 1 is 1.58 bits per heavy atom. The van der Waals surface area contributed by atoms with E-state index >= 15 is 0 Å². The van der Waals surface area contributed by atoms with Gasteiger partial charge in [-0.15, -0.1) is 0 Å². The molecule has 1 rings (SSSR count). The highest BCUT2D eigenvalue weighted by molar-refractivity contribution is 5.67. The van der Waals surface area contributed by atoms with Crippen LogP contribution in [-0.4, -0.2) is 23.7 Å². The van der Waals surface area contributed by atoms with E-state index < -0.39 is 0 Å². The van der Waals surface area contributed by atoms with Crippen molar-refractivity contribution in [1.29, 1.82) is 0 Å². The standard InChI is InChI=1S/C9H16N2O/c1-3-5-9-8(4-2)6-10-11(9)7-12/h6-9H,3-5H2,1-2H3. The summed E-state index contributed by atoms with van der Waals surface area (Å²) in [5, 5.41) is 5.60. The summed E-state index contributed by atoms with van der Waals surface area (Å²) in [5.74, 6) is 0.468. The SMILES string of the molecule is CCCC1C(CC)C=NN1C=O. The topological polar surface area (TPSA) is 32.7 Å². The second-order valence-corrected chi connectivity index (χ2v) is 3.18. The van der Waals surface area contributed by atoms with Crippen LogP contribution in [0.5, 0.6) is 0 Å². The molecule has 1 aliphatic rings. The molecule has 3 heteroatoms. The molecular weight excluding hydrogens is 152 g/mol. The summed E-state index contributed by atoms with van der Waals surface area (Å²) in [5.41, 5.74) is 0. The minimum Gasteiger partial charge on any atom is -0.277 e. The summed E-state index contributed by atoms with van der Waals surface area (Å²) < 4.78 is 0. The van der Waals surface area contributed by atoms with Crippen LogP contribution in [0.4, 0.5) is 0 Å². The van der Waals surface area contributed by atoms with Gasteiger partial charge in [0.15, 0.2) is 0 Å². The van der Waals surface area contributed by atoms with Gasteiger partial charge in [-0.2, -0.15) is 5.10 Å². The maximum atomic E-state index is 10.6. The van der Waals surface area contributed by atoms with Crippen molar-refractivity contribution in [2.45, 2.75) is 39.2 Å². The third-order valence-electron chi connectivity index (χ3n) is 2.39. The molecule has 0 fully saturated rings. The second kappa shape index (κ2) is 4.24. The Kier molecular flexibility index (Phi) is 3.26. The van der Waals surface area contributed by atoms with Crippen LogP contribution in [0, 0.1) is 5.92 Å². The van der Waals surface area contributed by atoms with Crippen LogP contribution in [-0.2, 0) is 4.79 Å². The van der Waals surface area contributed by atoms with Gasteiger partial charge in [-0.3, -0.25) is 4.79 Å². The molecule has 3 nitrogen and oxygen atoms in total. The first-order valence-corrected chi connectivity index (χ1v) is 4.61. The molecule has 0 aromatic heterocycles. The fourth-order valence-electron chi connectivity index (χ4n) is 1.67. The Morgan fingerprint density at radius 3 is 2.83 bits per heavy atom. The zero-order chi connectivity index (χ0) is 8.97. The molecule has 2 atom stereocenters. The molecule has 0 N–H and O–H groups in total. The van der Waals surface area contributed by atoms with Crippen LogP contribution in [0.3, 0.4) is 0 Å². The summed E-state index contributed by atoms with van der Waals surface area (Å²) in [6.45, 7) is 4.27. The first-order chi connectivity index (χ1) is 5.83. The molecule has 1 amide bonds. The average molecular weight is 168 g/mol. The van der Waals surface area contributed by atoms with E-state index in [1.165, 1.54) is 0 Å². The van der Waals surface area contributed by atoms with Gasteiger partial charge in [-0.1, -0.05) is 20.3 Å². The Balaban J connectivity index is 2.57. The van der Waals surface area contributed by atoms with E-state index in [4.69, 9.17) is 0 Å². The zero-order valence-electron chi connectivity index (χ0n) is 7.73. The first-order valence-electron chi connectivity index (χ1n) is 4.61. The fraction of sp³-hybridized carbons (Fsp3) is 0.778. The molecule has 12 heavy (non-hydrogen) atoms. The highest BCUT2D eigenvalue weighted by Gasteiger charge is 2.28. The monoisotopic (exact) mass is 168 g/mol. The highest BCUT2D eigenvalue weighted by atomic mass is 16.1. The van der Waals surface area contributed by atoms with E-state index in [1.807, 2.05) is 6.21 Å². The fourth-order valence-corrected chi connectivity index (χ4v) is 1.67. The van der Waals surface area contributed by atoms with Crippen LogP contribution in [0.1, 0.15) is 33.1 Å². The average Bonchev–Trinajstić information content (AvgIpc) is 2.48. The van der Waals surface area contributed by atoms with Crippen molar-refractivity contribution in [1.82, 2.24) is 5.01 Å². The third-order valence-corrected chi connectivity index (χ3v) is 2.39. The van der Waals surface area contributed by atoms with Gasteiger partial charge in [0.1, 0.15) is 0 Å². The number of rotatable bonds is 4. The van der Waals surface area contributed by atoms with Crippen molar-refractivity contribution in [3.63, 3.8) is 0 Å². The lowest BCUT2D eigenvalue weighted by Crippen LogP contribution is -2.30. The molecule has 68 valence electrons. The highest BCUT2D eigenvalue weighted by Crippen LogP contribution is 2.22. The van der Waals surface area contributed by atoms with Crippen molar-refractivity contribution in [2.75, 3.05) is 0 Å². The molecule has 0 aromatic rings. The van der Waals surface area contributed by atoms with Gasteiger partial charge in [0.25, 0.3) is 0 Å². The van der Waals surface area contributed by atoms with Crippen molar-refractivity contribution < 1.29 is 4.79 Å². The molecule has 0 saturated heterocycles. The van der Waals surface area contributed by atoms with Crippen LogP contribution < -0.4 is 0 Å². The zero-order valence-corrected chi connectivity index (χ0v) is 7.73. The number of nitrogens with zero attached hydrogens (tertiary/aromatic N) is 2. The Hall–Kier alpha value is -0.860.